The molecule has 0 bridgehead atoms. The van der Waals surface area contributed by atoms with Crippen molar-refractivity contribution in [3.8, 4) is 0 Å². The second-order valence-electron chi connectivity index (χ2n) is 6.15. The van der Waals surface area contributed by atoms with E-state index in [0.717, 1.165) is 12.3 Å². The highest BCUT2D eigenvalue weighted by atomic mass is 32.2. The number of aromatic nitrogens is 1. The molecule has 2 unspecified atom stereocenters. The van der Waals surface area contributed by atoms with Gasteiger partial charge in [-0.25, -0.2) is 8.42 Å². The number of rotatable bonds is 3. The highest BCUT2D eigenvalue weighted by Crippen LogP contribution is 2.37. The first kappa shape index (κ1) is 14.9. The number of sulfonamides is 1. The van der Waals surface area contributed by atoms with Crippen LogP contribution in [-0.2, 0) is 16.6 Å². The van der Waals surface area contributed by atoms with Crippen LogP contribution in [0.1, 0.15) is 37.8 Å². The first-order valence-corrected chi connectivity index (χ1v) is 9.20. The summed E-state index contributed by atoms with van der Waals surface area (Å²) in [6, 6.07) is 3.32. The van der Waals surface area contributed by atoms with Crippen LogP contribution in [0.15, 0.2) is 23.2 Å². The van der Waals surface area contributed by atoms with Crippen LogP contribution in [0, 0.1) is 11.8 Å². The third-order valence-electron chi connectivity index (χ3n) is 4.90. The van der Waals surface area contributed by atoms with Crippen LogP contribution in [0.25, 0.3) is 0 Å². The number of fused-ring (bicyclic) bond motifs is 1. The molecule has 2 atom stereocenters. The van der Waals surface area contributed by atoms with E-state index >= 15 is 0 Å². The summed E-state index contributed by atoms with van der Waals surface area (Å²) >= 11 is 0. The molecule has 21 heavy (non-hydrogen) atoms. The Labute approximate surface area is 126 Å². The molecular weight excluding hydrogens is 286 g/mol. The van der Waals surface area contributed by atoms with Crippen LogP contribution in [0.4, 0.5) is 0 Å². The summed E-state index contributed by atoms with van der Waals surface area (Å²) in [4.78, 5) is 4.40. The minimum absolute atomic E-state index is 0.286. The molecule has 6 heteroatoms. The molecule has 5 nitrogen and oxygen atoms in total. The van der Waals surface area contributed by atoms with Crippen molar-refractivity contribution in [1.29, 1.82) is 0 Å². The normalized spacial score (nSPS) is 27.3. The van der Waals surface area contributed by atoms with Crippen LogP contribution in [-0.4, -0.2) is 30.8 Å². The molecule has 2 aliphatic rings. The zero-order valence-corrected chi connectivity index (χ0v) is 13.1. The van der Waals surface area contributed by atoms with Crippen LogP contribution in [0.2, 0.25) is 0 Å². The molecule has 2 fully saturated rings. The Balaban J connectivity index is 1.78. The zero-order chi connectivity index (χ0) is 14.9. The Morgan fingerprint density at radius 1 is 1.19 bits per heavy atom. The van der Waals surface area contributed by atoms with Gasteiger partial charge in [0.2, 0.25) is 10.0 Å². The predicted molar refractivity (Wildman–Crippen MR) is 81.0 cm³/mol. The molecule has 1 saturated carbocycles. The molecule has 0 aromatic carbocycles. The predicted octanol–water partition coefficient (Wildman–Crippen LogP) is 1.74. The third-order valence-corrected chi connectivity index (χ3v) is 6.75. The molecule has 1 saturated heterocycles. The molecular formula is C15H23N3O2S. The van der Waals surface area contributed by atoms with Crippen molar-refractivity contribution in [3.05, 3.63) is 24.0 Å². The minimum Gasteiger partial charge on any atom is -0.325 e. The second-order valence-corrected chi connectivity index (χ2v) is 8.08. The van der Waals surface area contributed by atoms with Gasteiger partial charge in [0.25, 0.3) is 0 Å². The number of hydrogen-bond donors (Lipinski definition) is 1. The third kappa shape index (κ3) is 2.98. The summed E-state index contributed by atoms with van der Waals surface area (Å²) in [5.41, 5.74) is 6.21. The first-order valence-electron chi connectivity index (χ1n) is 7.76. The van der Waals surface area contributed by atoms with Crippen LogP contribution in [0.3, 0.4) is 0 Å². The number of pyridine rings is 1. The quantitative estimate of drug-likeness (QED) is 0.922. The molecule has 2 heterocycles. The fourth-order valence-corrected chi connectivity index (χ4v) is 5.08. The molecule has 1 aliphatic heterocycles. The SMILES string of the molecule is NCc1ccc(S(=O)(=O)N2CCC3CCCCC3C2)cn1. The van der Waals surface area contributed by atoms with Gasteiger partial charge in [-0.3, -0.25) is 4.98 Å². The van der Waals surface area contributed by atoms with Gasteiger partial charge in [-0.1, -0.05) is 19.3 Å². The summed E-state index contributed by atoms with van der Waals surface area (Å²) in [7, 11) is -3.41. The number of hydrogen-bond acceptors (Lipinski definition) is 4. The highest BCUT2D eigenvalue weighted by molar-refractivity contribution is 7.89. The molecule has 1 aromatic heterocycles. The van der Waals surface area contributed by atoms with E-state index < -0.39 is 10.0 Å². The Morgan fingerprint density at radius 3 is 2.62 bits per heavy atom. The number of nitrogens with two attached hydrogens (primary N) is 1. The lowest BCUT2D eigenvalue weighted by Crippen LogP contribution is -2.44. The van der Waals surface area contributed by atoms with E-state index in [1.807, 2.05) is 0 Å². The van der Waals surface area contributed by atoms with Crippen molar-refractivity contribution in [1.82, 2.24) is 9.29 Å². The Kier molecular flexibility index (Phi) is 4.28. The van der Waals surface area contributed by atoms with Crippen LogP contribution in [0.5, 0.6) is 0 Å². The van der Waals surface area contributed by atoms with Gasteiger partial charge in [0.1, 0.15) is 4.90 Å². The molecule has 0 spiro atoms. The second kappa shape index (κ2) is 6.02. The fourth-order valence-electron chi connectivity index (χ4n) is 3.62. The van der Waals surface area contributed by atoms with Crippen LogP contribution < -0.4 is 5.73 Å². The Morgan fingerprint density at radius 2 is 1.95 bits per heavy atom. The molecule has 3 rings (SSSR count). The van der Waals surface area contributed by atoms with Crippen molar-refractivity contribution < 1.29 is 8.42 Å². The lowest BCUT2D eigenvalue weighted by molar-refractivity contribution is 0.136. The zero-order valence-electron chi connectivity index (χ0n) is 12.2. The van der Waals surface area contributed by atoms with Gasteiger partial charge < -0.3 is 5.73 Å². The lowest BCUT2D eigenvalue weighted by Gasteiger charge is -2.40. The van der Waals surface area contributed by atoms with Gasteiger partial charge in [-0.2, -0.15) is 4.31 Å². The van der Waals surface area contributed by atoms with E-state index in [1.54, 1.807) is 16.4 Å². The maximum absolute atomic E-state index is 12.7. The fraction of sp³-hybridized carbons (Fsp3) is 0.667. The smallest absolute Gasteiger partial charge is 0.244 e. The minimum atomic E-state index is -3.41. The lowest BCUT2D eigenvalue weighted by atomic mass is 9.76. The van der Waals surface area contributed by atoms with E-state index in [0.29, 0.717) is 31.2 Å². The van der Waals surface area contributed by atoms with E-state index in [-0.39, 0.29) is 4.90 Å². The summed E-state index contributed by atoms with van der Waals surface area (Å²) < 4.78 is 27.1. The van der Waals surface area contributed by atoms with E-state index in [9.17, 15) is 8.42 Å². The maximum Gasteiger partial charge on any atom is 0.244 e. The van der Waals surface area contributed by atoms with E-state index in [1.165, 1.54) is 31.9 Å². The summed E-state index contributed by atoms with van der Waals surface area (Å²) in [6.07, 6.45) is 7.41. The van der Waals surface area contributed by atoms with E-state index in [4.69, 9.17) is 5.73 Å². The van der Waals surface area contributed by atoms with Crippen molar-refractivity contribution in [3.63, 3.8) is 0 Å². The van der Waals surface area contributed by atoms with Gasteiger partial charge >= 0.3 is 0 Å². The topological polar surface area (TPSA) is 76.3 Å². The average Bonchev–Trinajstić information content (AvgIpc) is 2.54. The van der Waals surface area contributed by atoms with Crippen molar-refractivity contribution >= 4 is 10.0 Å². The molecule has 1 aliphatic carbocycles. The first-order chi connectivity index (χ1) is 10.1. The maximum atomic E-state index is 12.7. The summed E-state index contributed by atoms with van der Waals surface area (Å²) in [5, 5.41) is 0. The Hall–Kier alpha value is -0.980. The molecule has 2 N–H and O–H groups in total. The molecule has 1 aromatic rings. The number of piperidine rings is 1. The summed E-state index contributed by atoms with van der Waals surface area (Å²) in [6.45, 7) is 1.64. The molecule has 0 amide bonds. The Bertz CT molecular complexity index is 585. The largest absolute Gasteiger partial charge is 0.325 e. The van der Waals surface area contributed by atoms with Gasteiger partial charge in [0.05, 0.1) is 5.69 Å². The molecule has 0 radical (unpaired) electrons. The van der Waals surface area contributed by atoms with Crippen molar-refractivity contribution in [2.75, 3.05) is 13.1 Å². The monoisotopic (exact) mass is 309 g/mol. The van der Waals surface area contributed by atoms with Crippen molar-refractivity contribution in [2.24, 2.45) is 17.6 Å². The number of nitrogens with zero attached hydrogens (tertiary/aromatic N) is 2. The van der Waals surface area contributed by atoms with Gasteiger partial charge in [-0.15, -0.1) is 0 Å². The van der Waals surface area contributed by atoms with Gasteiger partial charge in [0.15, 0.2) is 0 Å². The van der Waals surface area contributed by atoms with Crippen molar-refractivity contribution in [2.45, 2.75) is 43.5 Å². The van der Waals surface area contributed by atoms with Gasteiger partial charge in [0, 0.05) is 25.8 Å². The molecule has 116 valence electrons. The van der Waals surface area contributed by atoms with E-state index in [2.05, 4.69) is 4.98 Å². The average molecular weight is 309 g/mol. The van der Waals surface area contributed by atoms with Crippen LogP contribution >= 0.6 is 0 Å². The van der Waals surface area contributed by atoms with Gasteiger partial charge in [-0.05, 0) is 36.8 Å². The standard InChI is InChI=1S/C15H23N3O2S/c16-9-14-5-6-15(10-17-14)21(19,20)18-8-7-12-3-1-2-4-13(12)11-18/h5-6,10,12-13H,1-4,7-9,11,16H2. The summed E-state index contributed by atoms with van der Waals surface area (Å²) in [5.74, 6) is 1.27. The highest BCUT2D eigenvalue weighted by Gasteiger charge is 2.36.